The summed E-state index contributed by atoms with van der Waals surface area (Å²) < 4.78 is 33.4. The molecule has 2 bridgehead atoms. The second-order valence-electron chi connectivity index (χ2n) is 9.31. The van der Waals surface area contributed by atoms with Crippen LogP contribution >= 0.6 is 0 Å². The van der Waals surface area contributed by atoms with Gasteiger partial charge in [0.25, 0.3) is 5.91 Å². The molecule has 1 amide bonds. The molecule has 168 valence electrons. The molecule has 3 atom stereocenters. The van der Waals surface area contributed by atoms with Crippen LogP contribution in [0.4, 0.5) is 0 Å². The lowest BCUT2D eigenvalue weighted by atomic mass is 9.99. The zero-order valence-electron chi connectivity index (χ0n) is 18.0. The van der Waals surface area contributed by atoms with Gasteiger partial charge in [-0.3, -0.25) is 4.79 Å². The molecular weight excluding hydrogens is 404 g/mol. The van der Waals surface area contributed by atoms with Crippen LogP contribution in [-0.2, 0) is 16.4 Å². The van der Waals surface area contributed by atoms with E-state index in [2.05, 4.69) is 22.4 Å². The van der Waals surface area contributed by atoms with Gasteiger partial charge in [0.1, 0.15) is 5.76 Å². The van der Waals surface area contributed by atoms with Gasteiger partial charge in [-0.25, -0.2) is 8.42 Å². The third-order valence-electron chi connectivity index (χ3n) is 6.89. The summed E-state index contributed by atoms with van der Waals surface area (Å²) in [6.07, 6.45) is 6.72. The van der Waals surface area contributed by atoms with E-state index in [0.29, 0.717) is 18.5 Å². The van der Waals surface area contributed by atoms with Crippen LogP contribution in [0.1, 0.15) is 68.1 Å². The van der Waals surface area contributed by atoms with Crippen LogP contribution in [-0.4, -0.2) is 72.7 Å². The van der Waals surface area contributed by atoms with E-state index in [1.807, 2.05) is 6.92 Å². The van der Waals surface area contributed by atoms with E-state index in [0.717, 1.165) is 57.4 Å². The van der Waals surface area contributed by atoms with Gasteiger partial charge in [-0.1, -0.05) is 12.1 Å². The van der Waals surface area contributed by atoms with Crippen LogP contribution in [0, 0.1) is 5.92 Å². The summed E-state index contributed by atoms with van der Waals surface area (Å²) in [7, 11) is -1.18. The van der Waals surface area contributed by atoms with Crippen molar-refractivity contribution in [2.24, 2.45) is 5.92 Å². The topological polar surface area (TPSA) is 95.8 Å². The Labute approximate surface area is 179 Å². The minimum absolute atomic E-state index is 0.00160. The van der Waals surface area contributed by atoms with Gasteiger partial charge >= 0.3 is 0 Å². The largest absolute Gasteiger partial charge is 0.361 e. The first-order chi connectivity index (χ1) is 14.4. The molecule has 9 heteroatoms. The summed E-state index contributed by atoms with van der Waals surface area (Å²) in [5.41, 5.74) is 0.308. The summed E-state index contributed by atoms with van der Waals surface area (Å²) >= 11 is 0. The number of piperidine rings is 2. The predicted octanol–water partition coefficient (Wildman–Crippen LogP) is 2.02. The highest BCUT2D eigenvalue weighted by molar-refractivity contribution is 7.89. The quantitative estimate of drug-likeness (QED) is 0.700. The second-order valence-corrected chi connectivity index (χ2v) is 11.2. The lowest BCUT2D eigenvalue weighted by Gasteiger charge is -2.39. The van der Waals surface area contributed by atoms with Gasteiger partial charge in [-0.2, -0.15) is 4.31 Å². The van der Waals surface area contributed by atoms with E-state index in [-0.39, 0.29) is 35.7 Å². The molecule has 3 aliphatic rings. The fourth-order valence-electron chi connectivity index (χ4n) is 5.36. The summed E-state index contributed by atoms with van der Waals surface area (Å²) in [4.78, 5) is 14.8. The van der Waals surface area contributed by atoms with Crippen molar-refractivity contribution >= 4 is 15.9 Å². The van der Waals surface area contributed by atoms with Crippen molar-refractivity contribution in [1.29, 1.82) is 0 Å². The first-order valence-electron chi connectivity index (χ1n) is 11.3. The molecule has 1 aromatic rings. The number of aromatic nitrogens is 1. The van der Waals surface area contributed by atoms with E-state index < -0.39 is 10.0 Å². The van der Waals surface area contributed by atoms with Crippen molar-refractivity contribution < 1.29 is 17.7 Å². The number of aryl methyl sites for hydroxylation is 1. The Balaban J connectivity index is 1.35. The number of carbonyl (C=O) groups is 1. The standard InChI is InChI=1S/C21H34N4O4S/c1-3-4-19-13-20(23-29-19)21(26)22-16-11-17-5-6-18(12-16)25(17)30(27,28)14-15-7-9-24(2)10-8-15/h13,15-18H,3-12,14H2,1-2H3,(H,22,26)/t16-,17+,18-. The molecule has 0 unspecified atom stereocenters. The summed E-state index contributed by atoms with van der Waals surface area (Å²) in [6, 6.07) is 1.68. The lowest BCUT2D eigenvalue weighted by Crippen LogP contribution is -2.53. The maximum Gasteiger partial charge on any atom is 0.273 e. The molecule has 1 N–H and O–H groups in total. The normalized spacial score (nSPS) is 28.7. The number of hydrogen-bond acceptors (Lipinski definition) is 6. The average Bonchev–Trinajstić information content (AvgIpc) is 3.27. The molecule has 3 saturated heterocycles. The van der Waals surface area contributed by atoms with Crippen molar-refractivity contribution in [1.82, 2.24) is 19.7 Å². The van der Waals surface area contributed by atoms with Gasteiger partial charge in [0.05, 0.1) is 5.75 Å². The minimum atomic E-state index is -3.27. The highest BCUT2D eigenvalue weighted by Crippen LogP contribution is 2.39. The van der Waals surface area contributed by atoms with Crippen LogP contribution in [0.25, 0.3) is 0 Å². The van der Waals surface area contributed by atoms with E-state index in [1.54, 1.807) is 10.4 Å². The van der Waals surface area contributed by atoms with E-state index in [9.17, 15) is 13.2 Å². The average molecular weight is 439 g/mol. The summed E-state index contributed by atoms with van der Waals surface area (Å²) in [5, 5.41) is 6.94. The highest BCUT2D eigenvalue weighted by Gasteiger charge is 2.47. The Morgan fingerprint density at radius 2 is 1.87 bits per heavy atom. The van der Waals surface area contributed by atoms with Gasteiger partial charge < -0.3 is 14.7 Å². The molecule has 0 aromatic carbocycles. The Bertz CT molecular complexity index is 833. The van der Waals surface area contributed by atoms with E-state index in [4.69, 9.17) is 4.52 Å². The number of carbonyl (C=O) groups excluding carboxylic acids is 1. The van der Waals surface area contributed by atoms with Crippen LogP contribution in [0.2, 0.25) is 0 Å². The molecule has 0 radical (unpaired) electrons. The zero-order chi connectivity index (χ0) is 21.3. The third kappa shape index (κ3) is 4.73. The molecule has 0 aliphatic carbocycles. The van der Waals surface area contributed by atoms with Gasteiger partial charge in [0.2, 0.25) is 10.0 Å². The number of likely N-dealkylation sites (tertiary alicyclic amines) is 1. The highest BCUT2D eigenvalue weighted by atomic mass is 32.2. The van der Waals surface area contributed by atoms with E-state index in [1.165, 1.54) is 0 Å². The van der Waals surface area contributed by atoms with E-state index >= 15 is 0 Å². The van der Waals surface area contributed by atoms with Gasteiger partial charge in [0.15, 0.2) is 5.69 Å². The van der Waals surface area contributed by atoms with Crippen molar-refractivity contribution in [3.63, 3.8) is 0 Å². The van der Waals surface area contributed by atoms with Gasteiger partial charge in [-0.15, -0.1) is 0 Å². The van der Waals surface area contributed by atoms with Gasteiger partial charge in [-0.05, 0) is 71.0 Å². The monoisotopic (exact) mass is 438 g/mol. The number of rotatable bonds is 7. The Kier molecular flexibility index (Phi) is 6.50. The molecule has 0 spiro atoms. The Hall–Kier alpha value is -1.45. The van der Waals surface area contributed by atoms with Crippen molar-refractivity contribution in [3.8, 4) is 0 Å². The van der Waals surface area contributed by atoms with Gasteiger partial charge in [0, 0.05) is 30.6 Å². The fourth-order valence-corrected chi connectivity index (χ4v) is 7.75. The SMILES string of the molecule is CCCc1cc(C(=O)N[C@H]2C[C@H]3CC[C@@H](C2)N3S(=O)(=O)CC2CCN(C)CC2)no1. The molecule has 1 aromatic heterocycles. The number of sulfonamides is 1. The zero-order valence-corrected chi connectivity index (χ0v) is 18.9. The lowest BCUT2D eigenvalue weighted by molar-refractivity contribution is 0.0900. The van der Waals surface area contributed by atoms with Crippen molar-refractivity contribution in [3.05, 3.63) is 17.5 Å². The first-order valence-corrected chi connectivity index (χ1v) is 12.9. The second kappa shape index (κ2) is 8.96. The Morgan fingerprint density at radius 3 is 2.50 bits per heavy atom. The first kappa shape index (κ1) is 21.8. The van der Waals surface area contributed by atoms with Crippen LogP contribution in [0.3, 0.4) is 0 Å². The Morgan fingerprint density at radius 1 is 1.20 bits per heavy atom. The smallest absolute Gasteiger partial charge is 0.273 e. The van der Waals surface area contributed by atoms with Crippen LogP contribution in [0.15, 0.2) is 10.6 Å². The van der Waals surface area contributed by atoms with Crippen LogP contribution in [0.5, 0.6) is 0 Å². The van der Waals surface area contributed by atoms with Crippen LogP contribution < -0.4 is 5.32 Å². The molecule has 4 rings (SSSR count). The molecule has 4 heterocycles. The molecule has 8 nitrogen and oxygen atoms in total. The predicted molar refractivity (Wildman–Crippen MR) is 114 cm³/mol. The minimum Gasteiger partial charge on any atom is -0.361 e. The number of nitrogens with zero attached hydrogens (tertiary/aromatic N) is 3. The summed E-state index contributed by atoms with van der Waals surface area (Å²) in [6.45, 7) is 4.00. The molecule has 0 saturated carbocycles. The summed E-state index contributed by atoms with van der Waals surface area (Å²) in [5.74, 6) is 1.02. The molecule has 3 fully saturated rings. The third-order valence-corrected chi connectivity index (χ3v) is 9.03. The number of fused-ring (bicyclic) bond motifs is 2. The molecular formula is C21H34N4O4S. The van der Waals surface area contributed by atoms with Crippen molar-refractivity contribution in [2.75, 3.05) is 25.9 Å². The maximum atomic E-state index is 13.2. The number of amides is 1. The molecule has 3 aliphatic heterocycles. The maximum absolute atomic E-state index is 13.2. The number of nitrogens with one attached hydrogen (secondary N) is 1. The number of hydrogen-bond donors (Lipinski definition) is 1. The fraction of sp³-hybridized carbons (Fsp3) is 0.810. The molecule has 30 heavy (non-hydrogen) atoms. The van der Waals surface area contributed by atoms with Crippen molar-refractivity contribution in [2.45, 2.75) is 76.4 Å².